The minimum Gasteiger partial charge on any atom is -0.458 e. The summed E-state index contributed by atoms with van der Waals surface area (Å²) in [5.41, 5.74) is 0.802. The van der Waals surface area contributed by atoms with Crippen molar-refractivity contribution in [3.05, 3.63) is 36.1 Å². The summed E-state index contributed by atoms with van der Waals surface area (Å²) < 4.78 is 11.3. The monoisotopic (exact) mass is 247 g/mol. The molecule has 2 unspecified atom stereocenters. The lowest BCUT2D eigenvalue weighted by Gasteiger charge is -2.32. The molecular formula is C14H17NO3. The summed E-state index contributed by atoms with van der Waals surface area (Å²) in [6.45, 7) is 2.28. The first-order valence-corrected chi connectivity index (χ1v) is 6.21. The Morgan fingerprint density at radius 1 is 1.39 bits per heavy atom. The lowest BCUT2D eigenvalue weighted by Crippen LogP contribution is -2.42. The Bertz CT molecular complexity index is 504. The normalized spacial score (nSPS) is 23.3. The Balaban J connectivity index is 1.84. The zero-order valence-corrected chi connectivity index (χ0v) is 10.4. The third-order valence-corrected chi connectivity index (χ3v) is 3.38. The Kier molecular flexibility index (Phi) is 3.07. The predicted molar refractivity (Wildman–Crippen MR) is 68.4 cm³/mol. The van der Waals surface area contributed by atoms with Gasteiger partial charge in [-0.1, -0.05) is 18.2 Å². The van der Waals surface area contributed by atoms with Gasteiger partial charge in [-0.25, -0.2) is 0 Å². The fraction of sp³-hybridized carbons (Fsp3) is 0.429. The summed E-state index contributed by atoms with van der Waals surface area (Å²) in [6.07, 6.45) is -0.926. The maximum absolute atomic E-state index is 10.3. The van der Waals surface area contributed by atoms with Crippen LogP contribution in [0.3, 0.4) is 0 Å². The minimum atomic E-state index is -0.708. The molecule has 1 aliphatic rings. The highest BCUT2D eigenvalue weighted by molar-refractivity contribution is 5.77. The molecular weight excluding hydrogens is 230 g/mol. The molecule has 2 atom stereocenters. The summed E-state index contributed by atoms with van der Waals surface area (Å²) in [5, 5.41) is 11.3. The van der Waals surface area contributed by atoms with Gasteiger partial charge in [0.05, 0.1) is 6.61 Å². The van der Waals surface area contributed by atoms with E-state index in [1.807, 2.05) is 37.4 Å². The molecule has 1 aromatic heterocycles. The van der Waals surface area contributed by atoms with E-state index in [-0.39, 0.29) is 6.10 Å². The number of rotatable bonds is 2. The first-order chi connectivity index (χ1) is 8.74. The van der Waals surface area contributed by atoms with Crippen molar-refractivity contribution in [2.45, 2.75) is 12.2 Å². The van der Waals surface area contributed by atoms with E-state index >= 15 is 0 Å². The van der Waals surface area contributed by atoms with Crippen LogP contribution in [0.1, 0.15) is 11.9 Å². The zero-order chi connectivity index (χ0) is 12.5. The molecule has 0 amide bonds. The van der Waals surface area contributed by atoms with Gasteiger partial charge >= 0.3 is 0 Å². The number of nitrogens with zero attached hydrogens (tertiary/aromatic N) is 1. The number of likely N-dealkylation sites (N-methyl/N-ethyl adjacent to an activating group) is 1. The van der Waals surface area contributed by atoms with Crippen LogP contribution in [0.2, 0.25) is 0 Å². The number of aliphatic hydroxyl groups excluding tert-OH is 1. The average Bonchev–Trinajstić information content (AvgIpc) is 2.81. The minimum absolute atomic E-state index is 0.218. The van der Waals surface area contributed by atoms with Crippen molar-refractivity contribution in [2.24, 2.45) is 0 Å². The van der Waals surface area contributed by atoms with Crippen molar-refractivity contribution in [3.8, 4) is 0 Å². The quantitative estimate of drug-likeness (QED) is 0.879. The summed E-state index contributed by atoms with van der Waals surface area (Å²) >= 11 is 0. The molecule has 0 bridgehead atoms. The van der Waals surface area contributed by atoms with E-state index in [2.05, 4.69) is 4.90 Å². The van der Waals surface area contributed by atoms with Gasteiger partial charge < -0.3 is 19.2 Å². The molecule has 96 valence electrons. The van der Waals surface area contributed by atoms with Gasteiger partial charge in [0.15, 0.2) is 0 Å². The van der Waals surface area contributed by atoms with E-state index in [0.717, 1.165) is 24.1 Å². The van der Waals surface area contributed by atoms with Crippen molar-refractivity contribution >= 4 is 11.0 Å². The second-order valence-corrected chi connectivity index (χ2v) is 4.80. The third kappa shape index (κ3) is 2.14. The van der Waals surface area contributed by atoms with Crippen LogP contribution in [0.4, 0.5) is 0 Å². The van der Waals surface area contributed by atoms with Gasteiger partial charge in [0.2, 0.25) is 0 Å². The average molecular weight is 247 g/mol. The molecule has 2 heterocycles. The van der Waals surface area contributed by atoms with Crippen molar-refractivity contribution in [1.29, 1.82) is 0 Å². The van der Waals surface area contributed by atoms with Crippen LogP contribution in [0.15, 0.2) is 34.7 Å². The molecule has 1 aromatic carbocycles. The Morgan fingerprint density at radius 3 is 3.00 bits per heavy atom. The van der Waals surface area contributed by atoms with Gasteiger partial charge in [-0.05, 0) is 19.2 Å². The highest BCUT2D eigenvalue weighted by Crippen LogP contribution is 2.27. The molecule has 0 aliphatic carbocycles. The highest BCUT2D eigenvalue weighted by Gasteiger charge is 2.28. The van der Waals surface area contributed by atoms with Crippen LogP contribution < -0.4 is 0 Å². The van der Waals surface area contributed by atoms with Gasteiger partial charge in [-0.2, -0.15) is 0 Å². The van der Waals surface area contributed by atoms with E-state index in [1.54, 1.807) is 0 Å². The standard InChI is InChI=1S/C14H17NO3/c1-15-6-7-17-13(9-15)14(16)12-8-10-4-2-3-5-11(10)18-12/h2-5,8,13-14,16H,6-7,9H2,1H3. The van der Waals surface area contributed by atoms with E-state index < -0.39 is 6.10 Å². The maximum atomic E-state index is 10.3. The molecule has 2 aromatic rings. The summed E-state index contributed by atoms with van der Waals surface area (Å²) in [4.78, 5) is 2.15. The smallest absolute Gasteiger partial charge is 0.139 e. The molecule has 4 heteroatoms. The fourth-order valence-electron chi connectivity index (χ4n) is 2.33. The van der Waals surface area contributed by atoms with Gasteiger partial charge in [0, 0.05) is 18.5 Å². The summed E-state index contributed by atoms with van der Waals surface area (Å²) in [6, 6.07) is 9.64. The third-order valence-electron chi connectivity index (χ3n) is 3.38. The van der Waals surface area contributed by atoms with Crippen molar-refractivity contribution in [1.82, 2.24) is 4.90 Å². The van der Waals surface area contributed by atoms with Crippen LogP contribution in [0.25, 0.3) is 11.0 Å². The first-order valence-electron chi connectivity index (χ1n) is 6.21. The van der Waals surface area contributed by atoms with Gasteiger partial charge in [0.1, 0.15) is 23.6 Å². The van der Waals surface area contributed by atoms with Crippen molar-refractivity contribution < 1.29 is 14.3 Å². The fourth-order valence-corrected chi connectivity index (χ4v) is 2.33. The molecule has 0 saturated carbocycles. The zero-order valence-electron chi connectivity index (χ0n) is 10.4. The lowest BCUT2D eigenvalue weighted by molar-refractivity contribution is -0.0898. The lowest BCUT2D eigenvalue weighted by atomic mass is 10.1. The number of hydrogen-bond acceptors (Lipinski definition) is 4. The molecule has 1 aliphatic heterocycles. The molecule has 0 radical (unpaired) electrons. The van der Waals surface area contributed by atoms with E-state index in [9.17, 15) is 5.11 Å². The number of hydrogen-bond donors (Lipinski definition) is 1. The number of aliphatic hydroxyl groups is 1. The molecule has 18 heavy (non-hydrogen) atoms. The van der Waals surface area contributed by atoms with Crippen LogP contribution in [0, 0.1) is 0 Å². The Labute approximate surface area is 106 Å². The molecule has 1 N–H and O–H groups in total. The molecule has 1 saturated heterocycles. The summed E-state index contributed by atoms with van der Waals surface area (Å²) in [5.74, 6) is 0.580. The largest absolute Gasteiger partial charge is 0.458 e. The Morgan fingerprint density at radius 2 is 2.22 bits per heavy atom. The number of morpholine rings is 1. The van der Waals surface area contributed by atoms with Crippen LogP contribution in [0.5, 0.6) is 0 Å². The SMILES string of the molecule is CN1CCOC(C(O)c2cc3ccccc3o2)C1. The van der Waals surface area contributed by atoms with Crippen LogP contribution in [-0.4, -0.2) is 42.9 Å². The topological polar surface area (TPSA) is 45.8 Å². The van der Waals surface area contributed by atoms with Crippen LogP contribution >= 0.6 is 0 Å². The van der Waals surface area contributed by atoms with Crippen molar-refractivity contribution in [3.63, 3.8) is 0 Å². The van der Waals surface area contributed by atoms with Crippen LogP contribution in [-0.2, 0) is 4.74 Å². The van der Waals surface area contributed by atoms with Gasteiger partial charge in [-0.3, -0.25) is 0 Å². The molecule has 1 fully saturated rings. The van der Waals surface area contributed by atoms with E-state index in [0.29, 0.717) is 12.4 Å². The van der Waals surface area contributed by atoms with Gasteiger partial charge in [0.25, 0.3) is 0 Å². The number of para-hydroxylation sites is 1. The van der Waals surface area contributed by atoms with E-state index in [4.69, 9.17) is 9.15 Å². The number of benzene rings is 1. The molecule has 4 nitrogen and oxygen atoms in total. The second-order valence-electron chi connectivity index (χ2n) is 4.80. The summed E-state index contributed by atoms with van der Waals surface area (Å²) in [7, 11) is 2.03. The maximum Gasteiger partial charge on any atom is 0.139 e. The first kappa shape index (κ1) is 11.7. The second kappa shape index (κ2) is 4.72. The number of fused-ring (bicyclic) bond motifs is 1. The predicted octanol–water partition coefficient (Wildman–Crippen LogP) is 1.80. The number of ether oxygens (including phenoxy) is 1. The molecule has 0 spiro atoms. The van der Waals surface area contributed by atoms with E-state index in [1.165, 1.54) is 0 Å². The Hall–Kier alpha value is -1.36. The molecule has 3 rings (SSSR count). The van der Waals surface area contributed by atoms with Crippen molar-refractivity contribution in [2.75, 3.05) is 26.7 Å². The number of furan rings is 1. The van der Waals surface area contributed by atoms with Gasteiger partial charge in [-0.15, -0.1) is 0 Å². The highest BCUT2D eigenvalue weighted by atomic mass is 16.5.